The van der Waals surface area contributed by atoms with Crippen LogP contribution in [0.5, 0.6) is 0 Å². The number of hydrogen-bond donors (Lipinski definition) is 0. The summed E-state index contributed by atoms with van der Waals surface area (Å²) < 4.78 is 0. The summed E-state index contributed by atoms with van der Waals surface area (Å²) in [5.74, 6) is 0.654. The molecule has 1 aliphatic heterocycles. The molecule has 3 rings (SSSR count). The van der Waals surface area contributed by atoms with Crippen molar-refractivity contribution in [3.05, 3.63) is 65.7 Å². The Balaban J connectivity index is 1.97. The lowest BCUT2D eigenvalue weighted by Gasteiger charge is -2.45. The summed E-state index contributed by atoms with van der Waals surface area (Å²) in [6.45, 7) is 9.23. The number of fused-ring (bicyclic) bond motifs is 1. The van der Waals surface area contributed by atoms with Gasteiger partial charge in [-0.05, 0) is 28.5 Å². The van der Waals surface area contributed by atoms with Gasteiger partial charge in [-0.3, -0.25) is 0 Å². The second-order valence-electron chi connectivity index (χ2n) is 6.51. The molecule has 1 nitrogen and oxygen atoms in total. The van der Waals surface area contributed by atoms with Crippen molar-refractivity contribution in [3.63, 3.8) is 0 Å². The molecule has 0 aromatic heterocycles. The van der Waals surface area contributed by atoms with E-state index in [2.05, 4.69) is 80.3 Å². The SMILES string of the molecule is C[C@H]1CN(Cc2ccccc2)c2ccccc2C1(C)C. The fourth-order valence-electron chi connectivity index (χ4n) is 3.17. The first-order valence-corrected chi connectivity index (χ1v) is 7.47. The van der Waals surface area contributed by atoms with Crippen LogP contribution in [0.2, 0.25) is 0 Å². The third-order valence-electron chi connectivity index (χ3n) is 4.88. The van der Waals surface area contributed by atoms with Crippen molar-refractivity contribution in [1.82, 2.24) is 0 Å². The van der Waals surface area contributed by atoms with Gasteiger partial charge in [0.1, 0.15) is 0 Å². The number of benzene rings is 2. The highest BCUT2D eigenvalue weighted by Crippen LogP contribution is 2.43. The van der Waals surface area contributed by atoms with Gasteiger partial charge in [-0.1, -0.05) is 69.3 Å². The fraction of sp³-hybridized carbons (Fsp3) is 0.368. The molecule has 20 heavy (non-hydrogen) atoms. The third kappa shape index (κ3) is 2.22. The van der Waals surface area contributed by atoms with Gasteiger partial charge in [-0.2, -0.15) is 0 Å². The van der Waals surface area contributed by atoms with Crippen LogP contribution >= 0.6 is 0 Å². The van der Waals surface area contributed by atoms with Crippen molar-refractivity contribution in [3.8, 4) is 0 Å². The summed E-state index contributed by atoms with van der Waals surface area (Å²) in [7, 11) is 0. The maximum atomic E-state index is 2.53. The topological polar surface area (TPSA) is 3.24 Å². The smallest absolute Gasteiger partial charge is 0.0429 e. The van der Waals surface area contributed by atoms with Gasteiger partial charge in [0.25, 0.3) is 0 Å². The summed E-state index contributed by atoms with van der Waals surface area (Å²) in [5.41, 5.74) is 4.52. The molecule has 0 amide bonds. The van der Waals surface area contributed by atoms with Gasteiger partial charge in [0.2, 0.25) is 0 Å². The minimum atomic E-state index is 0.254. The van der Waals surface area contributed by atoms with E-state index in [0.29, 0.717) is 5.92 Å². The van der Waals surface area contributed by atoms with Crippen LogP contribution in [0.25, 0.3) is 0 Å². The van der Waals surface area contributed by atoms with Gasteiger partial charge < -0.3 is 4.90 Å². The van der Waals surface area contributed by atoms with Gasteiger partial charge in [0.05, 0.1) is 0 Å². The zero-order valence-electron chi connectivity index (χ0n) is 12.6. The van der Waals surface area contributed by atoms with Crippen LogP contribution in [0.3, 0.4) is 0 Å². The predicted octanol–water partition coefficient (Wildman–Crippen LogP) is 4.62. The second kappa shape index (κ2) is 4.97. The molecule has 0 unspecified atom stereocenters. The molecular weight excluding hydrogens is 242 g/mol. The van der Waals surface area contributed by atoms with E-state index in [9.17, 15) is 0 Å². The average Bonchev–Trinajstić information content (AvgIpc) is 2.46. The normalized spacial score (nSPS) is 20.6. The molecule has 1 aliphatic rings. The molecule has 0 radical (unpaired) electrons. The summed E-state index contributed by atoms with van der Waals surface area (Å²) in [6, 6.07) is 19.6. The molecule has 0 saturated carbocycles. The molecule has 1 heteroatoms. The lowest BCUT2D eigenvalue weighted by Crippen LogP contribution is -2.43. The summed E-state index contributed by atoms with van der Waals surface area (Å²) in [4.78, 5) is 2.53. The van der Waals surface area contributed by atoms with Crippen molar-refractivity contribution < 1.29 is 0 Å². The van der Waals surface area contributed by atoms with Crippen LogP contribution < -0.4 is 4.90 Å². The van der Waals surface area contributed by atoms with E-state index < -0.39 is 0 Å². The molecule has 0 saturated heterocycles. The van der Waals surface area contributed by atoms with Crippen molar-refractivity contribution in [2.45, 2.75) is 32.7 Å². The Kier molecular flexibility index (Phi) is 3.29. The zero-order valence-corrected chi connectivity index (χ0v) is 12.6. The number of anilines is 1. The van der Waals surface area contributed by atoms with Gasteiger partial charge in [0, 0.05) is 18.8 Å². The first kappa shape index (κ1) is 13.2. The van der Waals surface area contributed by atoms with Crippen molar-refractivity contribution in [2.24, 2.45) is 5.92 Å². The predicted molar refractivity (Wildman–Crippen MR) is 86.1 cm³/mol. The largest absolute Gasteiger partial charge is 0.367 e. The van der Waals surface area contributed by atoms with E-state index in [1.54, 1.807) is 0 Å². The van der Waals surface area contributed by atoms with Crippen LogP contribution in [-0.2, 0) is 12.0 Å². The number of rotatable bonds is 2. The molecule has 104 valence electrons. The molecular formula is C19H23N. The Hall–Kier alpha value is -1.76. The Labute approximate surface area is 122 Å². The molecule has 1 heterocycles. The average molecular weight is 265 g/mol. The van der Waals surface area contributed by atoms with Crippen molar-refractivity contribution in [1.29, 1.82) is 0 Å². The summed E-state index contributed by atoms with van der Waals surface area (Å²) in [5, 5.41) is 0. The van der Waals surface area contributed by atoms with Crippen molar-refractivity contribution >= 4 is 5.69 Å². The Morgan fingerprint density at radius 3 is 2.40 bits per heavy atom. The molecule has 1 atom stereocenters. The standard InChI is InChI=1S/C19H23N/c1-15-13-20(14-16-9-5-4-6-10-16)18-12-8-7-11-17(18)19(15,2)3/h4-12,15H,13-14H2,1-3H3/t15-/m0/s1. The lowest BCUT2D eigenvalue weighted by atomic mass is 9.71. The number of nitrogens with zero attached hydrogens (tertiary/aromatic N) is 1. The van der Waals surface area contributed by atoms with E-state index in [1.807, 2.05) is 0 Å². The Morgan fingerprint density at radius 2 is 1.65 bits per heavy atom. The van der Waals surface area contributed by atoms with E-state index in [0.717, 1.165) is 13.1 Å². The Morgan fingerprint density at radius 1 is 1.00 bits per heavy atom. The van der Waals surface area contributed by atoms with Crippen molar-refractivity contribution in [2.75, 3.05) is 11.4 Å². The molecule has 2 aromatic carbocycles. The lowest BCUT2D eigenvalue weighted by molar-refractivity contribution is 0.326. The van der Waals surface area contributed by atoms with Crippen LogP contribution in [0.4, 0.5) is 5.69 Å². The molecule has 0 N–H and O–H groups in total. The van der Waals surface area contributed by atoms with Crippen LogP contribution in [0.15, 0.2) is 54.6 Å². The maximum Gasteiger partial charge on any atom is 0.0429 e. The van der Waals surface area contributed by atoms with Gasteiger partial charge >= 0.3 is 0 Å². The van der Waals surface area contributed by atoms with Gasteiger partial charge in [0.15, 0.2) is 0 Å². The highest BCUT2D eigenvalue weighted by molar-refractivity contribution is 5.59. The first-order chi connectivity index (χ1) is 9.59. The second-order valence-corrected chi connectivity index (χ2v) is 6.51. The van der Waals surface area contributed by atoms with E-state index in [1.165, 1.54) is 16.8 Å². The highest BCUT2D eigenvalue weighted by Gasteiger charge is 2.36. The molecule has 0 bridgehead atoms. The van der Waals surface area contributed by atoms with Gasteiger partial charge in [-0.15, -0.1) is 0 Å². The monoisotopic (exact) mass is 265 g/mol. The molecule has 0 spiro atoms. The summed E-state index contributed by atoms with van der Waals surface area (Å²) in [6.07, 6.45) is 0. The van der Waals surface area contributed by atoms with Gasteiger partial charge in [-0.25, -0.2) is 0 Å². The Bertz CT molecular complexity index is 586. The number of hydrogen-bond acceptors (Lipinski definition) is 1. The summed E-state index contributed by atoms with van der Waals surface area (Å²) >= 11 is 0. The van der Waals surface area contributed by atoms with E-state index in [4.69, 9.17) is 0 Å². The van der Waals surface area contributed by atoms with Crippen LogP contribution in [-0.4, -0.2) is 6.54 Å². The van der Waals surface area contributed by atoms with E-state index in [-0.39, 0.29) is 5.41 Å². The highest BCUT2D eigenvalue weighted by atomic mass is 15.1. The molecule has 0 fully saturated rings. The third-order valence-corrected chi connectivity index (χ3v) is 4.88. The molecule has 0 aliphatic carbocycles. The minimum absolute atomic E-state index is 0.254. The molecule has 2 aromatic rings. The number of para-hydroxylation sites is 1. The zero-order chi connectivity index (χ0) is 14.2. The van der Waals surface area contributed by atoms with E-state index >= 15 is 0 Å². The maximum absolute atomic E-state index is 2.53. The fourth-order valence-corrected chi connectivity index (χ4v) is 3.17. The van der Waals surface area contributed by atoms with Crippen LogP contribution in [0.1, 0.15) is 31.9 Å². The first-order valence-electron chi connectivity index (χ1n) is 7.47. The van der Waals surface area contributed by atoms with Crippen LogP contribution in [0, 0.1) is 5.92 Å². The minimum Gasteiger partial charge on any atom is -0.367 e. The quantitative estimate of drug-likeness (QED) is 0.766.